The van der Waals surface area contributed by atoms with Crippen molar-refractivity contribution in [2.24, 2.45) is 4.99 Å². The Labute approximate surface area is 164 Å². The van der Waals surface area contributed by atoms with Crippen LogP contribution in [0.15, 0.2) is 39.9 Å². The fourth-order valence-corrected chi connectivity index (χ4v) is 4.16. The van der Waals surface area contributed by atoms with E-state index in [9.17, 15) is 4.39 Å². The van der Waals surface area contributed by atoms with Gasteiger partial charge in [0.1, 0.15) is 12.1 Å². The van der Waals surface area contributed by atoms with Crippen molar-refractivity contribution in [3.8, 4) is 11.5 Å². The molecule has 1 aromatic heterocycles. The molecule has 0 atom stereocenters. The highest BCUT2D eigenvalue weighted by Gasteiger charge is 2.28. The van der Waals surface area contributed by atoms with E-state index in [0.717, 1.165) is 42.6 Å². The summed E-state index contributed by atoms with van der Waals surface area (Å²) in [6.45, 7) is 10.1. The monoisotopic (exact) mass is 390 g/mol. The largest absolute Gasteiger partial charge is 0.444 e. The summed E-state index contributed by atoms with van der Waals surface area (Å²) < 4.78 is 18.8. The van der Waals surface area contributed by atoms with E-state index in [4.69, 9.17) is 9.41 Å². The zero-order valence-corrected chi connectivity index (χ0v) is 17.0. The minimum Gasteiger partial charge on any atom is -0.444 e. The first-order valence-electron chi connectivity index (χ1n) is 9.34. The summed E-state index contributed by atoms with van der Waals surface area (Å²) in [7, 11) is 0. The van der Waals surface area contributed by atoms with Crippen LogP contribution in [0.1, 0.15) is 26.5 Å². The number of hydrogen-bond acceptors (Lipinski definition) is 4. The highest BCUT2D eigenvalue weighted by Crippen LogP contribution is 2.29. The van der Waals surface area contributed by atoms with Crippen molar-refractivity contribution in [2.75, 3.05) is 31.9 Å². The second-order valence-corrected chi connectivity index (χ2v) is 8.97. The van der Waals surface area contributed by atoms with Crippen LogP contribution in [0.3, 0.4) is 0 Å². The molecule has 0 bridgehead atoms. The van der Waals surface area contributed by atoms with Gasteiger partial charge >= 0.3 is 0 Å². The topological polar surface area (TPSA) is 53.7 Å². The summed E-state index contributed by atoms with van der Waals surface area (Å²) in [5.74, 6) is 2.32. The molecule has 27 heavy (non-hydrogen) atoms. The van der Waals surface area contributed by atoms with E-state index in [1.165, 1.54) is 12.1 Å². The summed E-state index contributed by atoms with van der Waals surface area (Å²) in [5, 5.41) is 3.40. The maximum absolute atomic E-state index is 13.0. The van der Waals surface area contributed by atoms with Crippen molar-refractivity contribution in [2.45, 2.75) is 31.9 Å². The molecule has 0 unspecified atom stereocenters. The van der Waals surface area contributed by atoms with Gasteiger partial charge in [0.25, 0.3) is 0 Å². The molecule has 0 saturated carbocycles. The van der Waals surface area contributed by atoms with Crippen LogP contribution in [-0.4, -0.2) is 52.5 Å². The standard InChI is InChI=1S/C20H27FN4OS/c1-4-22-19(25-11-12-27-20(2,3)14-25)23-10-9-17-13-26-18(24-17)15-5-7-16(21)8-6-15/h5-8,13H,4,9-12,14H2,1-3H3,(H,22,23). The fourth-order valence-electron chi connectivity index (χ4n) is 3.05. The van der Waals surface area contributed by atoms with Gasteiger partial charge in [-0.05, 0) is 45.0 Å². The molecule has 146 valence electrons. The van der Waals surface area contributed by atoms with Crippen LogP contribution in [-0.2, 0) is 6.42 Å². The molecule has 1 N–H and O–H groups in total. The molecule has 1 aliphatic rings. The Morgan fingerprint density at radius 2 is 2.15 bits per heavy atom. The number of oxazole rings is 1. The van der Waals surface area contributed by atoms with Crippen molar-refractivity contribution in [3.05, 3.63) is 42.0 Å². The fraction of sp³-hybridized carbons (Fsp3) is 0.500. The maximum atomic E-state index is 13.0. The number of rotatable bonds is 5. The van der Waals surface area contributed by atoms with E-state index in [0.29, 0.717) is 18.9 Å². The lowest BCUT2D eigenvalue weighted by molar-refractivity contribution is 0.376. The van der Waals surface area contributed by atoms with Crippen LogP contribution in [0.5, 0.6) is 0 Å². The number of nitrogens with zero attached hydrogens (tertiary/aromatic N) is 3. The van der Waals surface area contributed by atoms with Crippen molar-refractivity contribution in [1.82, 2.24) is 15.2 Å². The molecule has 0 radical (unpaired) electrons. The predicted molar refractivity (Wildman–Crippen MR) is 110 cm³/mol. The molecule has 5 nitrogen and oxygen atoms in total. The van der Waals surface area contributed by atoms with Crippen molar-refractivity contribution in [3.63, 3.8) is 0 Å². The lowest BCUT2D eigenvalue weighted by Crippen LogP contribution is -2.51. The summed E-state index contributed by atoms with van der Waals surface area (Å²) in [4.78, 5) is 11.6. The average molecular weight is 391 g/mol. The van der Waals surface area contributed by atoms with Gasteiger partial charge in [0, 0.05) is 48.7 Å². The van der Waals surface area contributed by atoms with Gasteiger partial charge in [-0.3, -0.25) is 4.99 Å². The van der Waals surface area contributed by atoms with Gasteiger partial charge in [-0.25, -0.2) is 9.37 Å². The predicted octanol–water partition coefficient (Wildman–Crippen LogP) is 3.82. The third-order valence-electron chi connectivity index (χ3n) is 4.33. The Bertz CT molecular complexity index is 773. The van der Waals surface area contributed by atoms with Gasteiger partial charge < -0.3 is 14.6 Å². The van der Waals surface area contributed by atoms with Crippen LogP contribution in [0, 0.1) is 5.82 Å². The Balaban J connectivity index is 1.61. The Kier molecular flexibility index (Phi) is 6.42. The molecule has 1 aliphatic heterocycles. The number of aliphatic imine (C=N–C) groups is 1. The number of hydrogen-bond donors (Lipinski definition) is 1. The molecule has 0 amide bonds. The van der Waals surface area contributed by atoms with E-state index in [1.54, 1.807) is 18.4 Å². The molecule has 2 aromatic rings. The van der Waals surface area contributed by atoms with Gasteiger partial charge in [-0.1, -0.05) is 0 Å². The molecule has 0 aliphatic carbocycles. The first-order valence-corrected chi connectivity index (χ1v) is 10.3. The average Bonchev–Trinajstić information content (AvgIpc) is 3.09. The second kappa shape index (κ2) is 8.78. The SMILES string of the molecule is CCNC(=NCCc1coc(-c2ccc(F)cc2)n1)N1CCSC(C)(C)C1. The van der Waals surface area contributed by atoms with E-state index < -0.39 is 0 Å². The van der Waals surface area contributed by atoms with Crippen molar-refractivity contribution in [1.29, 1.82) is 0 Å². The molecule has 1 saturated heterocycles. The number of benzene rings is 1. The van der Waals surface area contributed by atoms with E-state index in [2.05, 4.69) is 36.0 Å². The van der Waals surface area contributed by atoms with Crippen molar-refractivity contribution < 1.29 is 8.81 Å². The van der Waals surface area contributed by atoms with Gasteiger partial charge in [0.05, 0.1) is 5.69 Å². The number of aromatic nitrogens is 1. The van der Waals surface area contributed by atoms with Gasteiger partial charge in [0.15, 0.2) is 5.96 Å². The number of guanidine groups is 1. The van der Waals surface area contributed by atoms with Crippen LogP contribution >= 0.6 is 11.8 Å². The Morgan fingerprint density at radius 3 is 2.85 bits per heavy atom. The normalized spacial score (nSPS) is 17.2. The summed E-state index contributed by atoms with van der Waals surface area (Å²) in [5.41, 5.74) is 1.62. The maximum Gasteiger partial charge on any atom is 0.226 e. The summed E-state index contributed by atoms with van der Waals surface area (Å²) in [6, 6.07) is 6.15. The highest BCUT2D eigenvalue weighted by molar-refractivity contribution is 8.00. The van der Waals surface area contributed by atoms with Gasteiger partial charge in [0.2, 0.25) is 5.89 Å². The molecule has 7 heteroatoms. The van der Waals surface area contributed by atoms with Crippen LogP contribution < -0.4 is 5.32 Å². The number of halogens is 1. The van der Waals surface area contributed by atoms with Gasteiger partial charge in [-0.15, -0.1) is 0 Å². The molecule has 1 aromatic carbocycles. The molecule has 3 rings (SSSR count). The number of thioether (sulfide) groups is 1. The molecular weight excluding hydrogens is 363 g/mol. The zero-order chi connectivity index (χ0) is 19.3. The highest BCUT2D eigenvalue weighted by atomic mass is 32.2. The van der Waals surface area contributed by atoms with Crippen LogP contribution in [0.25, 0.3) is 11.5 Å². The molecular formula is C20H27FN4OS. The van der Waals surface area contributed by atoms with E-state index >= 15 is 0 Å². The van der Waals surface area contributed by atoms with E-state index in [-0.39, 0.29) is 10.6 Å². The van der Waals surface area contributed by atoms with E-state index in [1.807, 2.05) is 11.8 Å². The third kappa shape index (κ3) is 5.48. The Hall–Kier alpha value is -2.02. The Morgan fingerprint density at radius 1 is 1.37 bits per heavy atom. The quantitative estimate of drug-likeness (QED) is 0.621. The molecule has 1 fully saturated rings. The number of nitrogens with one attached hydrogen (secondary N) is 1. The minimum absolute atomic E-state index is 0.241. The summed E-state index contributed by atoms with van der Waals surface area (Å²) in [6.07, 6.45) is 2.35. The van der Waals surface area contributed by atoms with Crippen LogP contribution in [0.4, 0.5) is 4.39 Å². The third-order valence-corrected chi connectivity index (χ3v) is 5.63. The summed E-state index contributed by atoms with van der Waals surface area (Å²) >= 11 is 2.01. The first-order chi connectivity index (χ1) is 13.0. The zero-order valence-electron chi connectivity index (χ0n) is 16.2. The van der Waals surface area contributed by atoms with Gasteiger partial charge in [-0.2, -0.15) is 11.8 Å². The molecule has 2 heterocycles. The lowest BCUT2D eigenvalue weighted by Gasteiger charge is -2.39. The lowest BCUT2D eigenvalue weighted by atomic mass is 10.2. The molecule has 0 spiro atoms. The first kappa shape index (κ1) is 19.7. The van der Waals surface area contributed by atoms with Crippen molar-refractivity contribution >= 4 is 17.7 Å². The smallest absolute Gasteiger partial charge is 0.226 e. The minimum atomic E-state index is -0.268. The van der Waals surface area contributed by atoms with Crippen LogP contribution in [0.2, 0.25) is 0 Å². The second-order valence-electron chi connectivity index (χ2n) is 7.17.